The Kier molecular flexibility index (Phi) is 5.06. The molecule has 0 aromatic carbocycles. The Balaban J connectivity index is 1.86. The van der Waals surface area contributed by atoms with Gasteiger partial charge >= 0.3 is 17.9 Å². The standard InChI is InChI=1S/C23H26O8/c1-12(24)30-18-16(25)9-15(20(26)28-4)22(2)7-5-14-21(27)31-17(13-6-8-29-11-13)10-23(14,3)19(18)22/h6,8-9,11,14,17-19H,5,7,10H2,1-4H3/t14-,17-,18-,19?,22-,23-/m0/s1. The number of ketones is 1. The molecule has 166 valence electrons. The van der Waals surface area contributed by atoms with Crippen molar-refractivity contribution in [3.05, 3.63) is 35.8 Å². The average molecular weight is 430 g/mol. The van der Waals surface area contributed by atoms with Gasteiger partial charge in [0.05, 0.1) is 25.6 Å². The monoisotopic (exact) mass is 430 g/mol. The summed E-state index contributed by atoms with van der Waals surface area (Å²) < 4.78 is 21.4. The van der Waals surface area contributed by atoms with Gasteiger partial charge in [0.25, 0.3) is 0 Å². The molecule has 4 rings (SSSR count). The van der Waals surface area contributed by atoms with Crippen molar-refractivity contribution in [3.8, 4) is 0 Å². The van der Waals surface area contributed by atoms with E-state index in [1.807, 2.05) is 13.8 Å². The minimum absolute atomic E-state index is 0.256. The van der Waals surface area contributed by atoms with Gasteiger partial charge in [0, 0.05) is 29.4 Å². The van der Waals surface area contributed by atoms with Crippen molar-refractivity contribution in [2.24, 2.45) is 22.7 Å². The summed E-state index contributed by atoms with van der Waals surface area (Å²) in [5, 5.41) is 0. The molecule has 0 N–H and O–H groups in total. The Morgan fingerprint density at radius 2 is 1.97 bits per heavy atom. The van der Waals surface area contributed by atoms with Crippen LogP contribution in [0.2, 0.25) is 0 Å². The van der Waals surface area contributed by atoms with Crippen LogP contribution in [0.5, 0.6) is 0 Å². The van der Waals surface area contributed by atoms with Crippen LogP contribution in [0.15, 0.2) is 34.7 Å². The molecule has 0 spiro atoms. The maximum atomic E-state index is 13.1. The molecular formula is C23H26O8. The topological polar surface area (TPSA) is 109 Å². The molecule has 1 saturated heterocycles. The Morgan fingerprint density at radius 1 is 1.23 bits per heavy atom. The molecule has 8 nitrogen and oxygen atoms in total. The highest BCUT2D eigenvalue weighted by molar-refractivity contribution is 6.05. The molecule has 2 fully saturated rings. The summed E-state index contributed by atoms with van der Waals surface area (Å²) in [6, 6.07) is 1.74. The van der Waals surface area contributed by atoms with Crippen molar-refractivity contribution in [1.82, 2.24) is 0 Å². The van der Waals surface area contributed by atoms with Gasteiger partial charge in [0.1, 0.15) is 6.10 Å². The maximum Gasteiger partial charge on any atom is 0.334 e. The van der Waals surface area contributed by atoms with Gasteiger partial charge in [-0.2, -0.15) is 0 Å². The molecule has 1 aliphatic heterocycles. The number of ether oxygens (including phenoxy) is 3. The quantitative estimate of drug-likeness (QED) is 0.532. The van der Waals surface area contributed by atoms with E-state index >= 15 is 0 Å². The van der Waals surface area contributed by atoms with Crippen LogP contribution in [0.1, 0.15) is 51.7 Å². The molecule has 6 atom stereocenters. The summed E-state index contributed by atoms with van der Waals surface area (Å²) in [4.78, 5) is 50.6. The average Bonchev–Trinajstić information content (AvgIpc) is 3.23. The van der Waals surface area contributed by atoms with Gasteiger partial charge in [0.15, 0.2) is 11.9 Å². The van der Waals surface area contributed by atoms with Crippen LogP contribution in [-0.2, 0) is 33.4 Å². The van der Waals surface area contributed by atoms with Crippen LogP contribution in [0.25, 0.3) is 0 Å². The third-order valence-corrected chi connectivity index (χ3v) is 7.41. The van der Waals surface area contributed by atoms with E-state index in [2.05, 4.69) is 0 Å². The largest absolute Gasteiger partial charge is 0.472 e. The minimum atomic E-state index is -1.10. The first-order valence-electron chi connectivity index (χ1n) is 10.4. The summed E-state index contributed by atoms with van der Waals surface area (Å²) in [6.07, 6.45) is 3.96. The predicted octanol–water partition coefficient (Wildman–Crippen LogP) is 2.92. The zero-order valence-electron chi connectivity index (χ0n) is 18.0. The fourth-order valence-electron chi connectivity index (χ4n) is 6.08. The molecule has 31 heavy (non-hydrogen) atoms. The van der Waals surface area contributed by atoms with E-state index in [0.717, 1.165) is 5.56 Å². The molecule has 1 saturated carbocycles. The first kappa shape index (κ1) is 21.3. The molecule has 0 radical (unpaired) electrons. The third-order valence-electron chi connectivity index (χ3n) is 7.41. The number of carbonyl (C=O) groups is 4. The van der Waals surface area contributed by atoms with Gasteiger partial charge < -0.3 is 18.6 Å². The van der Waals surface area contributed by atoms with Crippen molar-refractivity contribution in [3.63, 3.8) is 0 Å². The van der Waals surface area contributed by atoms with Crippen LogP contribution in [0, 0.1) is 22.7 Å². The van der Waals surface area contributed by atoms with Crippen molar-refractivity contribution in [1.29, 1.82) is 0 Å². The van der Waals surface area contributed by atoms with E-state index in [1.54, 1.807) is 6.07 Å². The summed E-state index contributed by atoms with van der Waals surface area (Å²) in [7, 11) is 1.27. The van der Waals surface area contributed by atoms with Crippen molar-refractivity contribution < 1.29 is 37.8 Å². The molecule has 2 heterocycles. The number of furan rings is 1. The lowest BCUT2D eigenvalue weighted by molar-refractivity contribution is -0.205. The molecule has 0 bridgehead atoms. The van der Waals surface area contributed by atoms with Gasteiger partial charge in [-0.1, -0.05) is 13.8 Å². The molecular weight excluding hydrogens is 404 g/mol. The number of cyclic esters (lactones) is 1. The van der Waals surface area contributed by atoms with Gasteiger partial charge in [-0.3, -0.25) is 14.4 Å². The summed E-state index contributed by atoms with van der Waals surface area (Å²) in [6.45, 7) is 5.06. The van der Waals surface area contributed by atoms with Gasteiger partial charge in [-0.25, -0.2) is 4.79 Å². The number of carbonyl (C=O) groups excluding carboxylic acids is 4. The molecule has 1 aromatic heterocycles. The highest BCUT2D eigenvalue weighted by atomic mass is 16.6. The molecule has 8 heteroatoms. The lowest BCUT2D eigenvalue weighted by Gasteiger charge is -2.60. The van der Waals surface area contributed by atoms with E-state index in [0.29, 0.717) is 19.3 Å². The summed E-state index contributed by atoms with van der Waals surface area (Å²) in [5.74, 6) is -3.10. The number of hydrogen-bond donors (Lipinski definition) is 0. The molecule has 1 aromatic rings. The molecule has 1 unspecified atom stereocenters. The second-order valence-corrected chi connectivity index (χ2v) is 9.16. The van der Waals surface area contributed by atoms with E-state index in [-0.39, 0.29) is 11.5 Å². The van der Waals surface area contributed by atoms with Crippen molar-refractivity contribution in [2.75, 3.05) is 7.11 Å². The summed E-state index contributed by atoms with van der Waals surface area (Å²) >= 11 is 0. The van der Waals surface area contributed by atoms with E-state index < -0.39 is 52.6 Å². The second-order valence-electron chi connectivity index (χ2n) is 9.16. The van der Waals surface area contributed by atoms with Crippen molar-refractivity contribution in [2.45, 2.75) is 52.2 Å². The zero-order chi connectivity index (χ0) is 22.6. The molecule has 0 amide bonds. The number of esters is 3. The van der Waals surface area contributed by atoms with Gasteiger partial charge in [-0.15, -0.1) is 0 Å². The van der Waals surface area contributed by atoms with Crippen LogP contribution in [0.4, 0.5) is 0 Å². The van der Waals surface area contributed by atoms with Gasteiger partial charge in [0.2, 0.25) is 0 Å². The lowest BCUT2D eigenvalue weighted by atomic mass is 9.45. The second kappa shape index (κ2) is 7.35. The van der Waals surface area contributed by atoms with Crippen LogP contribution < -0.4 is 0 Å². The van der Waals surface area contributed by atoms with Gasteiger partial charge in [-0.05, 0) is 36.8 Å². The van der Waals surface area contributed by atoms with Crippen LogP contribution in [-0.4, -0.2) is 36.9 Å². The van der Waals surface area contributed by atoms with Crippen LogP contribution in [0.3, 0.4) is 0 Å². The highest BCUT2D eigenvalue weighted by Gasteiger charge is 2.66. The fourth-order valence-corrected chi connectivity index (χ4v) is 6.08. The Hall–Kier alpha value is -2.90. The highest BCUT2D eigenvalue weighted by Crippen LogP contribution is 2.64. The number of methoxy groups -OCH3 is 1. The Labute approximate surface area is 179 Å². The van der Waals surface area contributed by atoms with E-state index in [1.165, 1.54) is 32.6 Å². The normalized spacial score (nSPS) is 37.1. The first-order valence-corrected chi connectivity index (χ1v) is 10.4. The van der Waals surface area contributed by atoms with E-state index in [9.17, 15) is 19.2 Å². The Morgan fingerprint density at radius 3 is 2.58 bits per heavy atom. The molecule has 2 aliphatic carbocycles. The summed E-state index contributed by atoms with van der Waals surface area (Å²) in [5.41, 5.74) is -0.611. The van der Waals surface area contributed by atoms with E-state index in [4.69, 9.17) is 18.6 Å². The predicted molar refractivity (Wildman–Crippen MR) is 105 cm³/mol. The first-order chi connectivity index (χ1) is 14.6. The number of fused-ring (bicyclic) bond motifs is 3. The fraction of sp³-hybridized carbons (Fsp3) is 0.565. The number of rotatable bonds is 3. The molecule has 3 aliphatic rings. The van der Waals surface area contributed by atoms with Crippen molar-refractivity contribution >= 4 is 23.7 Å². The SMILES string of the molecule is COC(=O)C1=CC(=O)[C@H](OC(C)=O)C2[C@@]1(C)CC[C@H]1C(=O)O[C@H](c3ccoc3)C[C@]21C. The van der Waals surface area contributed by atoms with Crippen LogP contribution >= 0.6 is 0 Å². The Bertz CT molecular complexity index is 960. The lowest BCUT2D eigenvalue weighted by Crippen LogP contribution is -2.62. The third kappa shape index (κ3) is 3.20. The number of hydrogen-bond acceptors (Lipinski definition) is 8. The zero-order valence-corrected chi connectivity index (χ0v) is 18.0. The smallest absolute Gasteiger partial charge is 0.334 e. The minimum Gasteiger partial charge on any atom is -0.472 e. The maximum absolute atomic E-state index is 13.1.